The zero-order chi connectivity index (χ0) is 13.8. The molecule has 0 bridgehead atoms. The van der Waals surface area contributed by atoms with Crippen molar-refractivity contribution in [3.05, 3.63) is 30.0 Å². The van der Waals surface area contributed by atoms with Crippen LogP contribution >= 0.6 is 0 Å². The van der Waals surface area contributed by atoms with Crippen molar-refractivity contribution >= 4 is 0 Å². The van der Waals surface area contributed by atoms with E-state index in [9.17, 15) is 0 Å². The minimum absolute atomic E-state index is 0.711. The predicted octanol–water partition coefficient (Wildman–Crippen LogP) is 1.82. The lowest BCUT2D eigenvalue weighted by Gasteiger charge is -2.13. The maximum Gasteiger partial charge on any atom is 0.161 e. The Hall–Kier alpha value is -2.01. The minimum atomic E-state index is 0.711. The third-order valence-electron chi connectivity index (χ3n) is 2.97. The molecule has 2 rings (SSSR count). The molecule has 0 radical (unpaired) electrons. The van der Waals surface area contributed by atoms with Gasteiger partial charge in [0.1, 0.15) is 0 Å². The van der Waals surface area contributed by atoms with Gasteiger partial charge in [-0.3, -0.25) is 4.68 Å². The van der Waals surface area contributed by atoms with E-state index < -0.39 is 0 Å². The molecule has 1 aromatic heterocycles. The first-order valence-electron chi connectivity index (χ1n) is 6.09. The van der Waals surface area contributed by atoms with Crippen molar-refractivity contribution in [1.82, 2.24) is 15.1 Å². The first-order chi connectivity index (χ1) is 9.19. The van der Waals surface area contributed by atoms with Gasteiger partial charge in [0, 0.05) is 25.4 Å². The quantitative estimate of drug-likeness (QED) is 0.892. The number of benzene rings is 1. The molecule has 0 spiro atoms. The molecule has 0 unspecified atom stereocenters. The maximum absolute atomic E-state index is 5.36. The summed E-state index contributed by atoms with van der Waals surface area (Å²) in [5.41, 5.74) is 3.10. The summed E-state index contributed by atoms with van der Waals surface area (Å²) >= 11 is 0. The van der Waals surface area contributed by atoms with Gasteiger partial charge in [0.15, 0.2) is 11.5 Å². The molecule has 0 fully saturated rings. The van der Waals surface area contributed by atoms with Gasteiger partial charge in [-0.15, -0.1) is 0 Å². The zero-order valence-electron chi connectivity index (χ0n) is 11.7. The van der Waals surface area contributed by atoms with Crippen LogP contribution in [-0.4, -0.2) is 31.0 Å². The Bertz CT molecular complexity index is 564. The molecule has 1 heterocycles. The highest BCUT2D eigenvalue weighted by Crippen LogP contribution is 2.35. The van der Waals surface area contributed by atoms with Gasteiger partial charge >= 0.3 is 0 Å². The van der Waals surface area contributed by atoms with Gasteiger partial charge in [0.2, 0.25) is 0 Å². The summed E-state index contributed by atoms with van der Waals surface area (Å²) < 4.78 is 12.5. The van der Waals surface area contributed by atoms with Crippen LogP contribution in [-0.2, 0) is 13.6 Å². The van der Waals surface area contributed by atoms with Gasteiger partial charge in [0.05, 0.1) is 19.9 Å². The van der Waals surface area contributed by atoms with Crippen LogP contribution in [0.4, 0.5) is 0 Å². The number of aryl methyl sites for hydroxylation is 1. The summed E-state index contributed by atoms with van der Waals surface area (Å²) in [6.07, 6.45) is 1.93. The van der Waals surface area contributed by atoms with Crippen LogP contribution in [0.1, 0.15) is 5.56 Å². The molecule has 102 valence electrons. The Balaban J connectivity index is 2.56. The molecule has 2 aromatic rings. The summed E-state index contributed by atoms with van der Waals surface area (Å²) in [6, 6.07) is 5.94. The average Bonchev–Trinajstić information content (AvgIpc) is 2.85. The van der Waals surface area contributed by atoms with Gasteiger partial charge in [0.25, 0.3) is 0 Å². The van der Waals surface area contributed by atoms with Crippen molar-refractivity contribution in [3.63, 3.8) is 0 Å². The van der Waals surface area contributed by atoms with Gasteiger partial charge in [-0.05, 0) is 30.8 Å². The number of nitrogens with one attached hydrogen (secondary N) is 1. The zero-order valence-corrected chi connectivity index (χ0v) is 11.7. The summed E-state index contributed by atoms with van der Waals surface area (Å²) in [5, 5.41) is 7.61. The molecule has 0 amide bonds. The third-order valence-corrected chi connectivity index (χ3v) is 2.97. The summed E-state index contributed by atoms with van der Waals surface area (Å²) in [7, 11) is 7.10. The molecule has 1 N–H and O–H groups in total. The van der Waals surface area contributed by atoms with Crippen molar-refractivity contribution < 1.29 is 9.47 Å². The smallest absolute Gasteiger partial charge is 0.161 e. The fourth-order valence-corrected chi connectivity index (χ4v) is 2.05. The van der Waals surface area contributed by atoms with Crippen molar-refractivity contribution in [2.24, 2.45) is 7.05 Å². The van der Waals surface area contributed by atoms with Crippen LogP contribution < -0.4 is 14.8 Å². The number of rotatable bonds is 5. The second-order valence-electron chi connectivity index (χ2n) is 4.27. The Morgan fingerprint density at radius 1 is 1.21 bits per heavy atom. The fourth-order valence-electron chi connectivity index (χ4n) is 2.05. The molecule has 0 aliphatic rings. The number of hydrogen-bond acceptors (Lipinski definition) is 4. The monoisotopic (exact) mass is 261 g/mol. The van der Waals surface area contributed by atoms with Crippen LogP contribution in [0, 0.1) is 0 Å². The number of aromatic nitrogens is 2. The number of ether oxygens (including phenoxy) is 2. The molecule has 5 heteroatoms. The van der Waals surface area contributed by atoms with Crippen LogP contribution in [0.2, 0.25) is 0 Å². The van der Waals surface area contributed by atoms with Crippen molar-refractivity contribution in [1.29, 1.82) is 0 Å². The highest BCUT2D eigenvalue weighted by Gasteiger charge is 2.13. The number of nitrogens with zero attached hydrogens (tertiary/aromatic N) is 2. The van der Waals surface area contributed by atoms with E-state index in [0.29, 0.717) is 5.75 Å². The Kier molecular flexibility index (Phi) is 4.06. The summed E-state index contributed by atoms with van der Waals surface area (Å²) in [5.74, 6) is 1.44. The second-order valence-corrected chi connectivity index (χ2v) is 4.27. The lowest BCUT2D eigenvalue weighted by Crippen LogP contribution is -2.07. The lowest BCUT2D eigenvalue weighted by atomic mass is 10.0. The standard InChI is InChI=1S/C14H19N3O2/c1-15-9-10-7-13(18-3)14(19-4)8-11(10)12-5-6-17(2)16-12/h5-8,15H,9H2,1-4H3. The molecule has 0 aliphatic heterocycles. The summed E-state index contributed by atoms with van der Waals surface area (Å²) in [6.45, 7) is 0.742. The van der Waals surface area contributed by atoms with E-state index in [4.69, 9.17) is 9.47 Å². The van der Waals surface area contributed by atoms with Crippen molar-refractivity contribution in [3.8, 4) is 22.8 Å². The second kappa shape index (κ2) is 5.75. The SMILES string of the molecule is CNCc1cc(OC)c(OC)cc1-c1ccn(C)n1. The van der Waals surface area contributed by atoms with E-state index in [0.717, 1.165) is 29.1 Å². The van der Waals surface area contributed by atoms with Crippen LogP contribution in [0.15, 0.2) is 24.4 Å². The van der Waals surface area contributed by atoms with Crippen LogP contribution in [0.25, 0.3) is 11.3 Å². The molecular formula is C14H19N3O2. The van der Waals surface area contributed by atoms with Crippen molar-refractivity contribution in [2.75, 3.05) is 21.3 Å². The minimum Gasteiger partial charge on any atom is -0.493 e. The molecule has 5 nitrogen and oxygen atoms in total. The van der Waals surface area contributed by atoms with Gasteiger partial charge in [-0.2, -0.15) is 5.10 Å². The Morgan fingerprint density at radius 2 is 1.89 bits per heavy atom. The lowest BCUT2D eigenvalue weighted by molar-refractivity contribution is 0.354. The maximum atomic E-state index is 5.36. The number of hydrogen-bond donors (Lipinski definition) is 1. The Morgan fingerprint density at radius 3 is 2.42 bits per heavy atom. The summed E-state index contributed by atoms with van der Waals surface area (Å²) in [4.78, 5) is 0. The largest absolute Gasteiger partial charge is 0.493 e. The first kappa shape index (κ1) is 13.4. The molecule has 0 aliphatic carbocycles. The van der Waals surface area contributed by atoms with Crippen LogP contribution in [0.5, 0.6) is 11.5 Å². The normalized spacial score (nSPS) is 10.5. The van der Waals surface area contributed by atoms with E-state index in [1.165, 1.54) is 0 Å². The van der Waals surface area contributed by atoms with E-state index in [1.54, 1.807) is 18.9 Å². The van der Waals surface area contributed by atoms with E-state index in [1.807, 2.05) is 38.5 Å². The van der Waals surface area contributed by atoms with E-state index in [-0.39, 0.29) is 0 Å². The molecule has 0 saturated heterocycles. The van der Waals surface area contributed by atoms with Crippen LogP contribution in [0.3, 0.4) is 0 Å². The van der Waals surface area contributed by atoms with E-state index in [2.05, 4.69) is 10.4 Å². The molecule has 0 atom stereocenters. The van der Waals surface area contributed by atoms with E-state index >= 15 is 0 Å². The van der Waals surface area contributed by atoms with Gasteiger partial charge < -0.3 is 14.8 Å². The molecular weight excluding hydrogens is 242 g/mol. The fraction of sp³-hybridized carbons (Fsp3) is 0.357. The molecule has 19 heavy (non-hydrogen) atoms. The number of methoxy groups -OCH3 is 2. The molecule has 1 aromatic carbocycles. The van der Waals surface area contributed by atoms with Crippen molar-refractivity contribution in [2.45, 2.75) is 6.54 Å². The average molecular weight is 261 g/mol. The highest BCUT2D eigenvalue weighted by molar-refractivity contribution is 5.68. The Labute approximate surface area is 113 Å². The predicted molar refractivity (Wildman–Crippen MR) is 74.5 cm³/mol. The topological polar surface area (TPSA) is 48.3 Å². The van der Waals surface area contributed by atoms with Gasteiger partial charge in [-0.25, -0.2) is 0 Å². The third kappa shape index (κ3) is 2.71. The highest BCUT2D eigenvalue weighted by atomic mass is 16.5. The molecule has 0 saturated carbocycles. The first-order valence-corrected chi connectivity index (χ1v) is 6.09. The van der Waals surface area contributed by atoms with Gasteiger partial charge in [-0.1, -0.05) is 0 Å².